The summed E-state index contributed by atoms with van der Waals surface area (Å²) in [6.45, 7) is 1.43. The molecule has 0 aliphatic rings. The van der Waals surface area contributed by atoms with Gasteiger partial charge in [-0.15, -0.1) is 0 Å². The molecule has 0 aliphatic heterocycles. The summed E-state index contributed by atoms with van der Waals surface area (Å²) in [5.41, 5.74) is 2.02. The molecule has 7 heteroatoms. The molecule has 0 unspecified atom stereocenters. The van der Waals surface area contributed by atoms with Gasteiger partial charge in [0.2, 0.25) is 0 Å². The van der Waals surface area contributed by atoms with Crippen LogP contribution in [0.2, 0.25) is 0 Å². The molecule has 0 fully saturated rings. The van der Waals surface area contributed by atoms with E-state index >= 15 is 0 Å². The minimum atomic E-state index is -0.352. The lowest BCUT2D eigenvalue weighted by Crippen LogP contribution is -2.32. The SMILES string of the molecule is O=C(OCCN(CCOC(=O)c1ccc(I)cc1)c1ccccc1)c1ccc(I)cc1. The fourth-order valence-electron chi connectivity index (χ4n) is 2.84. The lowest BCUT2D eigenvalue weighted by molar-refractivity contribution is 0.0504. The number of nitrogens with zero attached hydrogens (tertiary/aromatic N) is 1. The Hall–Kier alpha value is -2.14. The zero-order valence-electron chi connectivity index (χ0n) is 16.7. The molecule has 0 aromatic heterocycles. The molecule has 0 bridgehead atoms. The monoisotopic (exact) mass is 641 g/mol. The predicted octanol–water partition coefficient (Wildman–Crippen LogP) is 5.42. The highest BCUT2D eigenvalue weighted by molar-refractivity contribution is 14.1. The van der Waals surface area contributed by atoms with Gasteiger partial charge in [0.15, 0.2) is 0 Å². The van der Waals surface area contributed by atoms with E-state index in [1.807, 2.05) is 59.5 Å². The van der Waals surface area contributed by atoms with Gasteiger partial charge in [0.1, 0.15) is 13.2 Å². The summed E-state index contributed by atoms with van der Waals surface area (Å²) >= 11 is 4.38. The number of carbonyl (C=O) groups is 2. The topological polar surface area (TPSA) is 55.8 Å². The summed E-state index contributed by atoms with van der Waals surface area (Å²) in [5.74, 6) is -0.705. The van der Waals surface area contributed by atoms with Gasteiger partial charge in [0.25, 0.3) is 0 Å². The summed E-state index contributed by atoms with van der Waals surface area (Å²) in [7, 11) is 0. The van der Waals surface area contributed by atoms with Gasteiger partial charge in [0, 0.05) is 12.8 Å². The Labute approximate surface area is 209 Å². The van der Waals surface area contributed by atoms with Crippen molar-refractivity contribution >= 4 is 62.8 Å². The summed E-state index contributed by atoms with van der Waals surface area (Å²) in [4.78, 5) is 26.5. The van der Waals surface area contributed by atoms with E-state index in [1.54, 1.807) is 24.3 Å². The van der Waals surface area contributed by atoms with Crippen molar-refractivity contribution in [3.63, 3.8) is 0 Å². The zero-order chi connectivity index (χ0) is 22.1. The molecule has 0 atom stereocenters. The van der Waals surface area contributed by atoms with Crippen molar-refractivity contribution in [3.8, 4) is 0 Å². The standard InChI is InChI=1S/C24H21I2NO4/c25-20-10-6-18(7-11-20)23(28)30-16-14-27(22-4-2-1-3-5-22)15-17-31-24(29)19-8-12-21(26)13-9-19/h1-13H,14-17H2. The number of anilines is 1. The van der Waals surface area contributed by atoms with Crippen LogP contribution in [-0.2, 0) is 9.47 Å². The summed E-state index contributed by atoms with van der Waals surface area (Å²) < 4.78 is 13.0. The third-order valence-corrected chi connectivity index (χ3v) is 5.91. The van der Waals surface area contributed by atoms with Crippen molar-refractivity contribution in [3.05, 3.63) is 97.1 Å². The maximum atomic E-state index is 12.2. The van der Waals surface area contributed by atoms with Crippen molar-refractivity contribution in [1.82, 2.24) is 0 Å². The van der Waals surface area contributed by atoms with Crippen LogP contribution in [0.25, 0.3) is 0 Å². The molecule has 3 aromatic rings. The molecule has 0 N–H and O–H groups in total. The first kappa shape index (κ1) is 23.5. The molecular weight excluding hydrogens is 620 g/mol. The minimum Gasteiger partial charge on any atom is -0.460 e. The number of benzene rings is 3. The van der Waals surface area contributed by atoms with E-state index in [9.17, 15) is 9.59 Å². The first-order chi connectivity index (χ1) is 15.0. The normalized spacial score (nSPS) is 10.4. The van der Waals surface area contributed by atoms with Crippen LogP contribution < -0.4 is 4.90 Å². The van der Waals surface area contributed by atoms with Gasteiger partial charge < -0.3 is 14.4 Å². The number of para-hydroxylation sites is 1. The van der Waals surface area contributed by atoms with Gasteiger partial charge in [-0.1, -0.05) is 18.2 Å². The molecule has 3 aromatic carbocycles. The van der Waals surface area contributed by atoms with E-state index in [4.69, 9.17) is 9.47 Å². The number of hydrogen-bond donors (Lipinski definition) is 0. The molecule has 0 saturated carbocycles. The average Bonchev–Trinajstić information content (AvgIpc) is 2.79. The predicted molar refractivity (Wildman–Crippen MR) is 138 cm³/mol. The van der Waals surface area contributed by atoms with E-state index in [1.165, 1.54) is 0 Å². The smallest absolute Gasteiger partial charge is 0.338 e. The van der Waals surface area contributed by atoms with E-state index in [-0.39, 0.29) is 25.2 Å². The third-order valence-electron chi connectivity index (χ3n) is 4.47. The Morgan fingerprint density at radius 1 is 0.645 bits per heavy atom. The molecular formula is C24H21I2NO4. The molecule has 0 heterocycles. The maximum absolute atomic E-state index is 12.2. The van der Waals surface area contributed by atoms with Crippen LogP contribution in [0.4, 0.5) is 5.69 Å². The first-order valence-corrected chi connectivity index (χ1v) is 11.8. The fourth-order valence-corrected chi connectivity index (χ4v) is 3.56. The first-order valence-electron chi connectivity index (χ1n) is 9.68. The van der Waals surface area contributed by atoms with Gasteiger partial charge in [-0.3, -0.25) is 0 Å². The molecule has 0 spiro atoms. The van der Waals surface area contributed by atoms with E-state index in [0.29, 0.717) is 24.2 Å². The number of carbonyl (C=O) groups excluding carboxylic acids is 2. The number of ether oxygens (including phenoxy) is 2. The van der Waals surface area contributed by atoms with E-state index in [0.717, 1.165) is 12.8 Å². The highest BCUT2D eigenvalue weighted by Crippen LogP contribution is 2.14. The molecule has 160 valence electrons. The minimum absolute atomic E-state index is 0.227. The maximum Gasteiger partial charge on any atom is 0.338 e. The molecule has 5 nitrogen and oxygen atoms in total. The number of esters is 2. The van der Waals surface area contributed by atoms with Crippen molar-refractivity contribution in [1.29, 1.82) is 0 Å². The van der Waals surface area contributed by atoms with Crippen molar-refractivity contribution in [2.75, 3.05) is 31.2 Å². The van der Waals surface area contributed by atoms with Gasteiger partial charge >= 0.3 is 11.9 Å². The Kier molecular flexibility index (Phi) is 9.13. The summed E-state index contributed by atoms with van der Waals surface area (Å²) in [6.07, 6.45) is 0. The third kappa shape index (κ3) is 7.49. The van der Waals surface area contributed by atoms with Crippen molar-refractivity contribution in [2.24, 2.45) is 0 Å². The van der Waals surface area contributed by atoms with E-state index in [2.05, 4.69) is 45.2 Å². The van der Waals surface area contributed by atoms with E-state index < -0.39 is 0 Å². The van der Waals surface area contributed by atoms with Crippen molar-refractivity contribution in [2.45, 2.75) is 0 Å². The molecule has 3 rings (SSSR count). The molecule has 0 aliphatic carbocycles. The lowest BCUT2D eigenvalue weighted by Gasteiger charge is -2.24. The van der Waals surface area contributed by atoms with Crippen LogP contribution in [-0.4, -0.2) is 38.2 Å². The van der Waals surface area contributed by atoms with Crippen LogP contribution in [0.1, 0.15) is 20.7 Å². The number of halogens is 2. The summed E-state index contributed by atoms with van der Waals surface area (Å²) in [6, 6.07) is 24.3. The molecule has 0 saturated heterocycles. The Morgan fingerprint density at radius 3 is 1.48 bits per heavy atom. The second kappa shape index (κ2) is 12.0. The molecule has 0 amide bonds. The van der Waals surface area contributed by atoms with Crippen molar-refractivity contribution < 1.29 is 19.1 Å². The fraction of sp³-hybridized carbons (Fsp3) is 0.167. The molecule has 31 heavy (non-hydrogen) atoms. The number of hydrogen-bond acceptors (Lipinski definition) is 5. The molecule has 0 radical (unpaired) electrons. The van der Waals surface area contributed by atoms with Gasteiger partial charge in [-0.2, -0.15) is 0 Å². The largest absolute Gasteiger partial charge is 0.460 e. The van der Waals surface area contributed by atoms with Crippen LogP contribution in [0.3, 0.4) is 0 Å². The zero-order valence-corrected chi connectivity index (χ0v) is 21.0. The van der Waals surface area contributed by atoms with Gasteiger partial charge in [-0.05, 0) is 106 Å². The van der Waals surface area contributed by atoms with Crippen LogP contribution >= 0.6 is 45.2 Å². The van der Waals surface area contributed by atoms with Gasteiger partial charge in [0.05, 0.1) is 24.2 Å². The quantitative estimate of drug-likeness (QED) is 0.231. The highest BCUT2D eigenvalue weighted by Gasteiger charge is 2.12. The Morgan fingerprint density at radius 2 is 1.06 bits per heavy atom. The van der Waals surface area contributed by atoms with Crippen LogP contribution in [0, 0.1) is 7.14 Å². The van der Waals surface area contributed by atoms with Crippen LogP contribution in [0.15, 0.2) is 78.9 Å². The summed E-state index contributed by atoms with van der Waals surface area (Å²) in [5, 5.41) is 0. The Balaban J connectivity index is 1.53. The second-order valence-corrected chi connectivity index (χ2v) is 9.10. The van der Waals surface area contributed by atoms with Gasteiger partial charge in [-0.25, -0.2) is 9.59 Å². The lowest BCUT2D eigenvalue weighted by atomic mass is 10.2. The second-order valence-electron chi connectivity index (χ2n) is 6.61. The number of rotatable bonds is 9. The average molecular weight is 641 g/mol. The Bertz CT molecular complexity index is 929. The highest BCUT2D eigenvalue weighted by atomic mass is 127. The van der Waals surface area contributed by atoms with Crippen LogP contribution in [0.5, 0.6) is 0 Å².